The molecule has 3 rings (SSSR count). The Labute approximate surface area is 164 Å². The molecular formula is C19H17ClN2O6. The molecule has 2 atom stereocenters. The van der Waals surface area contributed by atoms with Crippen LogP contribution in [-0.4, -0.2) is 34.7 Å². The lowest BCUT2D eigenvalue weighted by molar-refractivity contribution is 0.0870. The molecule has 28 heavy (non-hydrogen) atoms. The Morgan fingerprint density at radius 2 is 2.00 bits per heavy atom. The summed E-state index contributed by atoms with van der Waals surface area (Å²) in [6.45, 7) is 1.68. The second-order valence-corrected chi connectivity index (χ2v) is 7.03. The summed E-state index contributed by atoms with van der Waals surface area (Å²) in [6.07, 6.45) is 0.0112. The Balaban J connectivity index is 2.23. The monoisotopic (exact) mass is 404 g/mol. The molecule has 1 aliphatic rings. The van der Waals surface area contributed by atoms with Crippen LogP contribution in [0.2, 0.25) is 5.02 Å². The molecule has 0 radical (unpaired) electrons. The number of phenolic OH excluding ortho intramolecular Hbond substituents is 1. The number of H-pyrrole nitrogens is 1. The lowest BCUT2D eigenvalue weighted by atomic mass is 9.74. The van der Waals surface area contributed by atoms with E-state index in [1.807, 2.05) is 0 Å². The number of benzene rings is 1. The van der Waals surface area contributed by atoms with E-state index in [-0.39, 0.29) is 45.4 Å². The highest BCUT2D eigenvalue weighted by Gasteiger charge is 2.40. The summed E-state index contributed by atoms with van der Waals surface area (Å²) >= 11 is 5.95. The van der Waals surface area contributed by atoms with Gasteiger partial charge in [0.05, 0.1) is 18.1 Å². The first-order valence-electron chi connectivity index (χ1n) is 8.37. The van der Waals surface area contributed by atoms with E-state index in [4.69, 9.17) is 22.1 Å². The van der Waals surface area contributed by atoms with Gasteiger partial charge in [0.2, 0.25) is 0 Å². The van der Waals surface area contributed by atoms with Gasteiger partial charge in [-0.3, -0.25) is 19.2 Å². The molecule has 4 N–H and O–H groups in total. The van der Waals surface area contributed by atoms with Crippen LogP contribution in [0.5, 0.6) is 11.5 Å². The number of aromatic nitrogens is 1. The predicted octanol–water partition coefficient (Wildman–Crippen LogP) is 2.03. The number of phenols is 1. The maximum absolute atomic E-state index is 13.3. The second kappa shape index (κ2) is 7.12. The third-order valence-corrected chi connectivity index (χ3v) is 5.17. The lowest BCUT2D eigenvalue weighted by Crippen LogP contribution is -2.34. The number of aromatic amines is 1. The van der Waals surface area contributed by atoms with Crippen LogP contribution in [0.4, 0.5) is 0 Å². The van der Waals surface area contributed by atoms with Crippen LogP contribution in [0.25, 0.3) is 0 Å². The fourth-order valence-corrected chi connectivity index (χ4v) is 3.67. The second-order valence-electron chi connectivity index (χ2n) is 6.62. The van der Waals surface area contributed by atoms with Gasteiger partial charge in [-0.25, -0.2) is 0 Å². The molecule has 1 aromatic heterocycles. The number of carbonyl (C=O) groups is 3. The van der Waals surface area contributed by atoms with Gasteiger partial charge in [-0.1, -0.05) is 18.5 Å². The molecule has 1 heterocycles. The van der Waals surface area contributed by atoms with Crippen LogP contribution in [0, 0.1) is 5.92 Å². The molecule has 0 bridgehead atoms. The summed E-state index contributed by atoms with van der Waals surface area (Å²) in [5.41, 5.74) is 3.99. The Kier molecular flexibility index (Phi) is 4.99. The summed E-state index contributed by atoms with van der Waals surface area (Å²) in [5, 5.41) is 10.3. The van der Waals surface area contributed by atoms with Gasteiger partial charge in [0.1, 0.15) is 22.6 Å². The number of aromatic hydroxyl groups is 1. The highest BCUT2D eigenvalue weighted by Crippen LogP contribution is 2.42. The summed E-state index contributed by atoms with van der Waals surface area (Å²) in [7, 11) is 1.34. The van der Waals surface area contributed by atoms with Gasteiger partial charge in [0.25, 0.3) is 11.5 Å². The van der Waals surface area contributed by atoms with Crippen molar-refractivity contribution in [1.29, 1.82) is 0 Å². The first-order chi connectivity index (χ1) is 13.2. The molecule has 0 saturated carbocycles. The molecule has 146 valence electrons. The van der Waals surface area contributed by atoms with Crippen molar-refractivity contribution in [3.8, 4) is 11.5 Å². The van der Waals surface area contributed by atoms with E-state index < -0.39 is 34.8 Å². The number of methoxy groups -OCH3 is 1. The Morgan fingerprint density at radius 3 is 2.61 bits per heavy atom. The SMILES string of the molecule is COc1ccc(Cl)c(O)c1C(=O)C1c2[nH]c(=O)c(C(N)=O)cc2C(=O)CC1C. The molecule has 0 saturated heterocycles. The van der Waals surface area contributed by atoms with Gasteiger partial charge in [0.15, 0.2) is 11.6 Å². The number of hydrogen-bond acceptors (Lipinski definition) is 6. The van der Waals surface area contributed by atoms with Crippen molar-refractivity contribution in [1.82, 2.24) is 4.98 Å². The average molecular weight is 405 g/mol. The third-order valence-electron chi connectivity index (χ3n) is 4.86. The highest BCUT2D eigenvalue weighted by molar-refractivity contribution is 6.33. The zero-order valence-corrected chi connectivity index (χ0v) is 15.8. The molecule has 1 amide bonds. The highest BCUT2D eigenvalue weighted by atomic mass is 35.5. The van der Waals surface area contributed by atoms with Crippen molar-refractivity contribution in [3.05, 3.63) is 56.0 Å². The van der Waals surface area contributed by atoms with Crippen LogP contribution < -0.4 is 16.0 Å². The number of primary amides is 1. The van der Waals surface area contributed by atoms with Crippen molar-refractivity contribution >= 4 is 29.1 Å². The van der Waals surface area contributed by atoms with E-state index in [1.165, 1.54) is 19.2 Å². The number of fused-ring (bicyclic) bond motifs is 1. The van der Waals surface area contributed by atoms with Crippen LogP contribution >= 0.6 is 11.6 Å². The maximum atomic E-state index is 13.3. The van der Waals surface area contributed by atoms with Gasteiger partial charge < -0.3 is 20.6 Å². The normalized spacial score (nSPS) is 18.5. The molecule has 1 aromatic carbocycles. The molecule has 0 aliphatic heterocycles. The third kappa shape index (κ3) is 3.05. The van der Waals surface area contributed by atoms with Crippen LogP contribution in [-0.2, 0) is 0 Å². The molecule has 1 aliphatic carbocycles. The molecule has 8 nitrogen and oxygen atoms in total. The summed E-state index contributed by atoms with van der Waals surface area (Å²) in [5.74, 6) is -3.66. The van der Waals surface area contributed by atoms with E-state index in [2.05, 4.69) is 4.98 Å². The van der Waals surface area contributed by atoms with Crippen LogP contribution in [0.1, 0.15) is 56.0 Å². The first kappa shape index (κ1) is 19.6. The molecule has 0 fully saturated rings. The van der Waals surface area contributed by atoms with E-state index in [9.17, 15) is 24.3 Å². The standard InChI is InChI=1S/C19H17ClN2O6/c1-7-5-11(23)8-6-9(18(21)26)19(27)22-15(8)13(7)17(25)14-12(28-2)4-3-10(20)16(14)24/h3-4,6-7,13,24H,5H2,1-2H3,(H2,21,26)(H,22,27). The number of nitrogens with two attached hydrogens (primary N) is 1. The fourth-order valence-electron chi connectivity index (χ4n) is 3.51. The zero-order valence-electron chi connectivity index (χ0n) is 15.0. The minimum atomic E-state index is -0.979. The molecule has 0 spiro atoms. The lowest BCUT2D eigenvalue weighted by Gasteiger charge is -2.29. The summed E-state index contributed by atoms with van der Waals surface area (Å²) in [6, 6.07) is 3.93. The van der Waals surface area contributed by atoms with Crippen molar-refractivity contribution < 1.29 is 24.2 Å². The van der Waals surface area contributed by atoms with E-state index in [0.717, 1.165) is 6.07 Å². The summed E-state index contributed by atoms with van der Waals surface area (Å²) < 4.78 is 5.17. The Morgan fingerprint density at radius 1 is 1.32 bits per heavy atom. The Hall–Kier alpha value is -3.13. The number of ketones is 2. The molecule has 9 heteroatoms. The Bertz CT molecular complexity index is 1070. The fraction of sp³-hybridized carbons (Fsp3) is 0.263. The minimum absolute atomic E-state index is 0.0112. The van der Waals surface area contributed by atoms with Crippen LogP contribution in [0.15, 0.2) is 23.0 Å². The zero-order chi connectivity index (χ0) is 20.7. The van der Waals surface area contributed by atoms with E-state index >= 15 is 0 Å². The number of nitrogens with one attached hydrogen (secondary N) is 1. The van der Waals surface area contributed by atoms with Crippen LogP contribution in [0.3, 0.4) is 0 Å². The first-order valence-corrected chi connectivity index (χ1v) is 8.75. The molecule has 2 aromatic rings. The topological polar surface area (TPSA) is 140 Å². The van der Waals surface area contributed by atoms with Crippen molar-refractivity contribution in [2.24, 2.45) is 11.7 Å². The number of Topliss-reactive ketones (excluding diaryl/α,β-unsaturated/α-hetero) is 2. The van der Waals surface area contributed by atoms with E-state index in [1.54, 1.807) is 6.92 Å². The number of halogens is 1. The molecular weight excluding hydrogens is 388 g/mol. The number of hydrogen-bond donors (Lipinski definition) is 3. The number of pyridine rings is 1. The van der Waals surface area contributed by atoms with Crippen molar-refractivity contribution in [2.75, 3.05) is 7.11 Å². The molecule has 2 unspecified atom stereocenters. The average Bonchev–Trinajstić information content (AvgIpc) is 2.62. The van der Waals surface area contributed by atoms with Gasteiger partial charge in [0, 0.05) is 17.7 Å². The maximum Gasteiger partial charge on any atom is 0.261 e. The smallest absolute Gasteiger partial charge is 0.261 e. The predicted molar refractivity (Wildman–Crippen MR) is 100 cm³/mol. The van der Waals surface area contributed by atoms with E-state index in [0.29, 0.717) is 0 Å². The number of ether oxygens (including phenoxy) is 1. The van der Waals surface area contributed by atoms with Gasteiger partial charge in [-0.05, 0) is 24.1 Å². The quantitative estimate of drug-likeness (QED) is 0.666. The van der Waals surface area contributed by atoms with Gasteiger partial charge >= 0.3 is 0 Å². The number of carbonyl (C=O) groups excluding carboxylic acids is 3. The largest absolute Gasteiger partial charge is 0.505 e. The minimum Gasteiger partial charge on any atom is -0.505 e. The van der Waals surface area contributed by atoms with Crippen molar-refractivity contribution in [3.63, 3.8) is 0 Å². The number of amides is 1. The number of rotatable bonds is 4. The summed E-state index contributed by atoms with van der Waals surface area (Å²) in [4.78, 5) is 51.9. The van der Waals surface area contributed by atoms with Crippen molar-refractivity contribution in [2.45, 2.75) is 19.3 Å². The van der Waals surface area contributed by atoms with Gasteiger partial charge in [-0.15, -0.1) is 0 Å². The van der Waals surface area contributed by atoms with Gasteiger partial charge in [-0.2, -0.15) is 0 Å².